The molecule has 2 aromatic heterocycles. The van der Waals surface area contributed by atoms with Gasteiger partial charge in [0.1, 0.15) is 11.2 Å². The van der Waals surface area contributed by atoms with Gasteiger partial charge in [-0.15, -0.1) is 17.9 Å². The summed E-state index contributed by atoms with van der Waals surface area (Å²) in [6.07, 6.45) is 9.47. The Bertz CT molecular complexity index is 1140. The van der Waals surface area contributed by atoms with Crippen LogP contribution in [-0.2, 0) is 19.3 Å². The highest BCUT2D eigenvalue weighted by molar-refractivity contribution is 7.18. The standard InChI is InChI=1S/C21H21N3O3S/c1-3-6-14-9-13(10-16(27-2)19(14)25)11-23-24-12-22-20-18(21(24)26)15-7-4-5-8-17(15)28-20/h3,9-12,25H,1,4-8H2,2H3/b23-11+. The summed E-state index contributed by atoms with van der Waals surface area (Å²) >= 11 is 1.62. The Kier molecular flexibility index (Phi) is 5.00. The molecular formula is C21H21N3O3S. The lowest BCUT2D eigenvalue weighted by atomic mass is 9.97. The van der Waals surface area contributed by atoms with Crippen LogP contribution in [0.5, 0.6) is 11.5 Å². The average molecular weight is 395 g/mol. The lowest BCUT2D eigenvalue weighted by Crippen LogP contribution is -2.18. The van der Waals surface area contributed by atoms with Crippen molar-refractivity contribution in [3.8, 4) is 11.5 Å². The van der Waals surface area contributed by atoms with Crippen molar-refractivity contribution in [2.45, 2.75) is 32.1 Å². The third-order valence-corrected chi connectivity index (χ3v) is 6.15. The van der Waals surface area contributed by atoms with Gasteiger partial charge in [0.05, 0.1) is 18.7 Å². The van der Waals surface area contributed by atoms with E-state index in [4.69, 9.17) is 4.74 Å². The minimum absolute atomic E-state index is 0.0877. The van der Waals surface area contributed by atoms with Crippen molar-refractivity contribution in [1.29, 1.82) is 0 Å². The Balaban J connectivity index is 1.75. The summed E-state index contributed by atoms with van der Waals surface area (Å²) in [5.74, 6) is 0.443. The Morgan fingerprint density at radius 3 is 3.00 bits per heavy atom. The van der Waals surface area contributed by atoms with E-state index in [1.54, 1.807) is 35.8 Å². The number of hydrogen-bond acceptors (Lipinski definition) is 6. The summed E-state index contributed by atoms with van der Waals surface area (Å²) in [4.78, 5) is 19.5. The summed E-state index contributed by atoms with van der Waals surface area (Å²) < 4.78 is 6.51. The monoisotopic (exact) mass is 395 g/mol. The average Bonchev–Trinajstić information content (AvgIpc) is 3.09. The maximum absolute atomic E-state index is 13.0. The molecule has 0 spiro atoms. The van der Waals surface area contributed by atoms with Crippen molar-refractivity contribution in [3.63, 3.8) is 0 Å². The van der Waals surface area contributed by atoms with Gasteiger partial charge in [-0.2, -0.15) is 9.78 Å². The zero-order valence-corrected chi connectivity index (χ0v) is 16.5. The first kappa shape index (κ1) is 18.4. The van der Waals surface area contributed by atoms with Crippen LogP contribution in [0.2, 0.25) is 0 Å². The van der Waals surface area contributed by atoms with Crippen LogP contribution >= 0.6 is 11.3 Å². The van der Waals surface area contributed by atoms with Gasteiger partial charge in [-0.05, 0) is 55.4 Å². The maximum atomic E-state index is 13.0. The molecule has 28 heavy (non-hydrogen) atoms. The molecule has 1 aromatic carbocycles. The number of aromatic hydroxyl groups is 1. The first-order valence-corrected chi connectivity index (χ1v) is 10.0. The number of methoxy groups -OCH3 is 1. The molecule has 144 valence electrons. The van der Waals surface area contributed by atoms with Gasteiger partial charge in [0.15, 0.2) is 11.5 Å². The Hall–Kier alpha value is -2.93. The van der Waals surface area contributed by atoms with Crippen LogP contribution in [0, 0.1) is 0 Å². The van der Waals surface area contributed by atoms with E-state index >= 15 is 0 Å². The zero-order chi connectivity index (χ0) is 19.7. The Morgan fingerprint density at radius 2 is 2.21 bits per heavy atom. The molecule has 2 heterocycles. The molecule has 0 unspecified atom stereocenters. The largest absolute Gasteiger partial charge is 0.504 e. The molecule has 0 amide bonds. The molecule has 1 aliphatic rings. The highest BCUT2D eigenvalue weighted by atomic mass is 32.1. The van der Waals surface area contributed by atoms with E-state index in [1.807, 2.05) is 0 Å². The molecule has 0 fully saturated rings. The van der Waals surface area contributed by atoms with Gasteiger partial charge in [0.25, 0.3) is 5.56 Å². The van der Waals surface area contributed by atoms with Crippen molar-refractivity contribution >= 4 is 27.8 Å². The van der Waals surface area contributed by atoms with E-state index in [0.29, 0.717) is 28.7 Å². The molecule has 0 aliphatic heterocycles. The molecule has 0 saturated heterocycles. The number of phenolic OH excluding ortho intramolecular Hbond substituents is 1. The predicted molar refractivity (Wildman–Crippen MR) is 112 cm³/mol. The predicted octanol–water partition coefficient (Wildman–Crippen LogP) is 3.66. The smallest absolute Gasteiger partial charge is 0.282 e. The van der Waals surface area contributed by atoms with E-state index < -0.39 is 0 Å². The molecule has 0 radical (unpaired) electrons. The highest BCUT2D eigenvalue weighted by Gasteiger charge is 2.19. The van der Waals surface area contributed by atoms with E-state index in [1.165, 1.54) is 29.4 Å². The molecular weight excluding hydrogens is 374 g/mol. The van der Waals surface area contributed by atoms with Crippen LogP contribution in [-0.4, -0.2) is 28.1 Å². The zero-order valence-electron chi connectivity index (χ0n) is 15.6. The summed E-state index contributed by atoms with van der Waals surface area (Å²) in [5, 5.41) is 15.2. The molecule has 0 atom stereocenters. The summed E-state index contributed by atoms with van der Waals surface area (Å²) in [7, 11) is 1.50. The fourth-order valence-corrected chi connectivity index (χ4v) is 4.80. The second-order valence-electron chi connectivity index (χ2n) is 6.75. The van der Waals surface area contributed by atoms with Gasteiger partial charge >= 0.3 is 0 Å². The molecule has 7 heteroatoms. The van der Waals surface area contributed by atoms with Gasteiger partial charge in [-0.25, -0.2) is 4.98 Å². The van der Waals surface area contributed by atoms with Crippen molar-refractivity contribution in [2.24, 2.45) is 5.10 Å². The second-order valence-corrected chi connectivity index (χ2v) is 7.84. The summed E-state index contributed by atoms with van der Waals surface area (Å²) in [6, 6.07) is 3.47. The lowest BCUT2D eigenvalue weighted by molar-refractivity contribution is 0.371. The number of hydrogen-bond donors (Lipinski definition) is 1. The number of rotatable bonds is 5. The van der Waals surface area contributed by atoms with Gasteiger partial charge < -0.3 is 9.84 Å². The van der Waals surface area contributed by atoms with Crippen molar-refractivity contribution in [3.05, 3.63) is 63.0 Å². The normalized spacial score (nSPS) is 13.8. The summed E-state index contributed by atoms with van der Waals surface area (Å²) in [6.45, 7) is 3.71. The van der Waals surface area contributed by atoms with Gasteiger partial charge in [0, 0.05) is 10.4 Å². The number of benzene rings is 1. The van der Waals surface area contributed by atoms with Crippen LogP contribution in [0.15, 0.2) is 41.0 Å². The first-order chi connectivity index (χ1) is 13.6. The van der Waals surface area contributed by atoms with E-state index in [0.717, 1.165) is 29.7 Å². The van der Waals surface area contributed by atoms with E-state index in [-0.39, 0.29) is 11.3 Å². The molecule has 0 saturated carbocycles. The summed E-state index contributed by atoms with van der Waals surface area (Å²) in [5.41, 5.74) is 2.40. The SMILES string of the molecule is C=CCc1cc(/C=N/n2cnc3sc4c(c3c2=O)CCCC4)cc(OC)c1O. The molecule has 3 aromatic rings. The fourth-order valence-electron chi connectivity index (χ4n) is 3.58. The lowest BCUT2D eigenvalue weighted by Gasteiger charge is -2.10. The third kappa shape index (κ3) is 3.22. The van der Waals surface area contributed by atoms with Gasteiger partial charge in [0.2, 0.25) is 0 Å². The van der Waals surface area contributed by atoms with Crippen LogP contribution < -0.4 is 10.3 Å². The minimum atomic E-state index is -0.141. The Morgan fingerprint density at radius 1 is 1.39 bits per heavy atom. The van der Waals surface area contributed by atoms with Crippen LogP contribution in [0.1, 0.15) is 34.4 Å². The molecule has 4 rings (SSSR count). The number of nitrogens with zero attached hydrogens (tertiary/aromatic N) is 3. The number of ether oxygens (including phenoxy) is 1. The number of phenols is 1. The second kappa shape index (κ2) is 7.59. The van der Waals surface area contributed by atoms with Gasteiger partial charge in [-0.1, -0.05) is 6.08 Å². The number of allylic oxidation sites excluding steroid dienone is 1. The molecule has 1 aliphatic carbocycles. The topological polar surface area (TPSA) is 76.7 Å². The fraction of sp³-hybridized carbons (Fsp3) is 0.286. The van der Waals surface area contributed by atoms with E-state index in [9.17, 15) is 9.90 Å². The minimum Gasteiger partial charge on any atom is -0.504 e. The van der Waals surface area contributed by atoms with Crippen LogP contribution in [0.3, 0.4) is 0 Å². The number of thiophene rings is 1. The maximum Gasteiger partial charge on any atom is 0.282 e. The first-order valence-electron chi connectivity index (χ1n) is 9.19. The van der Waals surface area contributed by atoms with Gasteiger partial charge in [-0.3, -0.25) is 4.79 Å². The van der Waals surface area contributed by atoms with Crippen molar-refractivity contribution in [2.75, 3.05) is 7.11 Å². The van der Waals surface area contributed by atoms with E-state index in [2.05, 4.69) is 16.7 Å². The molecule has 6 nitrogen and oxygen atoms in total. The van der Waals surface area contributed by atoms with Crippen LogP contribution in [0.25, 0.3) is 10.2 Å². The van der Waals surface area contributed by atoms with Crippen molar-refractivity contribution in [1.82, 2.24) is 9.66 Å². The quantitative estimate of drug-likeness (QED) is 0.528. The highest BCUT2D eigenvalue weighted by Crippen LogP contribution is 2.33. The number of fused-ring (bicyclic) bond motifs is 3. The third-order valence-electron chi connectivity index (χ3n) is 4.95. The van der Waals surface area contributed by atoms with Crippen LogP contribution in [0.4, 0.5) is 0 Å². The molecule has 1 N–H and O–H groups in total. The Labute approximate surface area is 166 Å². The number of aromatic nitrogens is 2. The number of aryl methyl sites for hydroxylation is 2. The molecule has 0 bridgehead atoms. The van der Waals surface area contributed by atoms with Crippen molar-refractivity contribution < 1.29 is 9.84 Å².